The molecule has 1 heterocycles. The average Bonchev–Trinajstić information content (AvgIpc) is 2.96. The molecule has 1 fully saturated rings. The smallest absolute Gasteiger partial charge is 0.0362 e. The Morgan fingerprint density at radius 1 is 1.00 bits per heavy atom. The maximum Gasteiger partial charge on any atom is 0.0362 e. The van der Waals surface area contributed by atoms with E-state index in [0.717, 1.165) is 13.1 Å². The number of rotatable bonds is 3. The predicted octanol–water partition coefficient (Wildman–Crippen LogP) is 4.45. The van der Waals surface area contributed by atoms with Crippen LogP contribution >= 0.6 is 0 Å². The molecule has 2 nitrogen and oxygen atoms in total. The summed E-state index contributed by atoms with van der Waals surface area (Å²) < 4.78 is 0. The van der Waals surface area contributed by atoms with E-state index in [0.29, 0.717) is 17.5 Å². The standard InChI is InChI=1S/C22H28N2/c1-17(18-8-4-3-5-9-18)24(2)21-16-22(12-14-23-15-13-22)20-11-7-6-10-19(20)21/h3-11,17,21,23H,12-16H2,1-2H3/t17-,21-/m0/s1. The molecule has 0 saturated carbocycles. The summed E-state index contributed by atoms with van der Waals surface area (Å²) in [5, 5.41) is 3.55. The van der Waals surface area contributed by atoms with E-state index in [4.69, 9.17) is 0 Å². The van der Waals surface area contributed by atoms with E-state index in [9.17, 15) is 0 Å². The molecular weight excluding hydrogens is 292 g/mol. The highest BCUT2D eigenvalue weighted by molar-refractivity contribution is 5.43. The zero-order valence-corrected chi connectivity index (χ0v) is 14.8. The van der Waals surface area contributed by atoms with Gasteiger partial charge < -0.3 is 5.32 Å². The quantitative estimate of drug-likeness (QED) is 0.899. The molecule has 2 aromatic carbocycles. The molecule has 0 bridgehead atoms. The van der Waals surface area contributed by atoms with Crippen molar-refractivity contribution in [1.29, 1.82) is 0 Å². The number of nitrogens with one attached hydrogen (secondary N) is 1. The highest BCUT2D eigenvalue weighted by Gasteiger charge is 2.45. The second-order valence-corrected chi connectivity index (χ2v) is 7.59. The van der Waals surface area contributed by atoms with Gasteiger partial charge in [0.2, 0.25) is 0 Å². The third-order valence-electron chi connectivity index (χ3n) is 6.42. The molecule has 0 aromatic heterocycles. The van der Waals surface area contributed by atoms with Crippen LogP contribution in [0.3, 0.4) is 0 Å². The van der Waals surface area contributed by atoms with Crippen molar-refractivity contribution in [2.75, 3.05) is 20.1 Å². The van der Waals surface area contributed by atoms with Crippen LogP contribution in [0.4, 0.5) is 0 Å². The molecule has 1 saturated heterocycles. The maximum atomic E-state index is 3.55. The molecule has 0 unspecified atom stereocenters. The van der Waals surface area contributed by atoms with Crippen LogP contribution < -0.4 is 5.32 Å². The summed E-state index contributed by atoms with van der Waals surface area (Å²) in [6.07, 6.45) is 3.81. The second kappa shape index (κ2) is 6.34. The molecule has 1 N–H and O–H groups in total. The van der Waals surface area contributed by atoms with Crippen molar-refractivity contribution in [3.8, 4) is 0 Å². The topological polar surface area (TPSA) is 15.3 Å². The van der Waals surface area contributed by atoms with Gasteiger partial charge in [-0.1, -0.05) is 54.6 Å². The van der Waals surface area contributed by atoms with Crippen molar-refractivity contribution in [3.63, 3.8) is 0 Å². The third-order valence-corrected chi connectivity index (χ3v) is 6.42. The van der Waals surface area contributed by atoms with Gasteiger partial charge in [-0.2, -0.15) is 0 Å². The summed E-state index contributed by atoms with van der Waals surface area (Å²) in [7, 11) is 2.30. The summed E-state index contributed by atoms with van der Waals surface area (Å²) in [6, 6.07) is 21.1. The van der Waals surface area contributed by atoms with Crippen molar-refractivity contribution < 1.29 is 0 Å². The molecule has 2 atom stereocenters. The molecule has 1 spiro atoms. The Kier molecular flexibility index (Phi) is 4.19. The van der Waals surface area contributed by atoms with E-state index in [1.54, 1.807) is 11.1 Å². The molecule has 1 aliphatic heterocycles. The molecule has 0 amide bonds. The molecule has 2 heteroatoms. The minimum Gasteiger partial charge on any atom is -0.317 e. The highest BCUT2D eigenvalue weighted by Crippen LogP contribution is 2.52. The Labute approximate surface area is 145 Å². The van der Waals surface area contributed by atoms with Crippen LogP contribution in [0.15, 0.2) is 54.6 Å². The van der Waals surface area contributed by atoms with E-state index < -0.39 is 0 Å². The van der Waals surface area contributed by atoms with Crippen LogP contribution in [0.25, 0.3) is 0 Å². The van der Waals surface area contributed by atoms with Gasteiger partial charge in [0.05, 0.1) is 0 Å². The Morgan fingerprint density at radius 3 is 2.42 bits per heavy atom. The number of piperidine rings is 1. The average molecular weight is 320 g/mol. The molecule has 2 aliphatic rings. The van der Waals surface area contributed by atoms with Gasteiger partial charge in [-0.15, -0.1) is 0 Å². The summed E-state index contributed by atoms with van der Waals surface area (Å²) in [4.78, 5) is 2.59. The van der Waals surface area contributed by atoms with E-state index in [1.165, 1.54) is 24.8 Å². The van der Waals surface area contributed by atoms with Crippen molar-refractivity contribution in [1.82, 2.24) is 10.2 Å². The predicted molar refractivity (Wildman–Crippen MR) is 100 cm³/mol. The number of benzene rings is 2. The lowest BCUT2D eigenvalue weighted by Crippen LogP contribution is -2.39. The summed E-state index contributed by atoms with van der Waals surface area (Å²) in [5.74, 6) is 0. The maximum absolute atomic E-state index is 3.55. The van der Waals surface area contributed by atoms with E-state index in [-0.39, 0.29) is 0 Å². The molecule has 0 radical (unpaired) electrons. The van der Waals surface area contributed by atoms with E-state index in [1.807, 2.05) is 0 Å². The van der Waals surface area contributed by atoms with Crippen molar-refractivity contribution >= 4 is 0 Å². The molecule has 24 heavy (non-hydrogen) atoms. The Morgan fingerprint density at radius 2 is 1.67 bits per heavy atom. The van der Waals surface area contributed by atoms with Gasteiger partial charge in [0.25, 0.3) is 0 Å². The lowest BCUT2D eigenvalue weighted by Gasteiger charge is -2.37. The first kappa shape index (κ1) is 15.9. The molecular formula is C22H28N2. The van der Waals surface area contributed by atoms with Gasteiger partial charge in [-0.05, 0) is 68.4 Å². The van der Waals surface area contributed by atoms with Gasteiger partial charge in [0.1, 0.15) is 0 Å². The first-order valence-corrected chi connectivity index (χ1v) is 9.28. The lowest BCUT2D eigenvalue weighted by atomic mass is 9.74. The highest BCUT2D eigenvalue weighted by atomic mass is 15.2. The largest absolute Gasteiger partial charge is 0.317 e. The Bertz CT molecular complexity index is 688. The number of fused-ring (bicyclic) bond motifs is 2. The van der Waals surface area contributed by atoms with Crippen LogP contribution in [-0.2, 0) is 5.41 Å². The minimum absolute atomic E-state index is 0.386. The minimum atomic E-state index is 0.386. The van der Waals surface area contributed by atoms with Crippen LogP contribution in [-0.4, -0.2) is 25.0 Å². The van der Waals surface area contributed by atoms with Crippen LogP contribution in [0.1, 0.15) is 55.0 Å². The first-order chi connectivity index (χ1) is 11.7. The van der Waals surface area contributed by atoms with Crippen LogP contribution in [0.2, 0.25) is 0 Å². The van der Waals surface area contributed by atoms with Gasteiger partial charge in [0, 0.05) is 12.1 Å². The van der Waals surface area contributed by atoms with Crippen molar-refractivity contribution in [2.45, 2.75) is 43.7 Å². The normalized spacial score (nSPS) is 23.4. The van der Waals surface area contributed by atoms with Crippen LogP contribution in [0, 0.1) is 0 Å². The van der Waals surface area contributed by atoms with Crippen molar-refractivity contribution in [3.05, 3.63) is 71.3 Å². The van der Waals surface area contributed by atoms with Gasteiger partial charge in [0.15, 0.2) is 0 Å². The van der Waals surface area contributed by atoms with E-state index in [2.05, 4.69) is 78.8 Å². The monoisotopic (exact) mass is 320 g/mol. The van der Waals surface area contributed by atoms with Gasteiger partial charge >= 0.3 is 0 Å². The SMILES string of the molecule is C[C@@H](c1ccccc1)N(C)[C@H]1CC2(CCNCC2)c2ccccc21. The third kappa shape index (κ3) is 2.58. The Balaban J connectivity index is 1.66. The molecule has 2 aromatic rings. The zero-order valence-electron chi connectivity index (χ0n) is 14.8. The Hall–Kier alpha value is -1.64. The molecule has 1 aliphatic carbocycles. The first-order valence-electron chi connectivity index (χ1n) is 9.28. The van der Waals surface area contributed by atoms with E-state index >= 15 is 0 Å². The van der Waals surface area contributed by atoms with Gasteiger partial charge in [-0.3, -0.25) is 4.90 Å². The second-order valence-electron chi connectivity index (χ2n) is 7.59. The molecule has 126 valence electrons. The summed E-state index contributed by atoms with van der Waals surface area (Å²) in [5.41, 5.74) is 4.97. The summed E-state index contributed by atoms with van der Waals surface area (Å²) >= 11 is 0. The fourth-order valence-electron chi connectivity index (χ4n) is 4.84. The lowest BCUT2D eigenvalue weighted by molar-refractivity contribution is 0.155. The number of nitrogens with zero attached hydrogens (tertiary/aromatic N) is 1. The van der Waals surface area contributed by atoms with Crippen molar-refractivity contribution in [2.24, 2.45) is 0 Å². The summed E-state index contributed by atoms with van der Waals surface area (Å²) in [6.45, 7) is 4.64. The number of hydrogen-bond acceptors (Lipinski definition) is 2. The fraction of sp³-hybridized carbons (Fsp3) is 0.455. The fourth-order valence-corrected chi connectivity index (χ4v) is 4.84. The molecule has 4 rings (SSSR count). The number of hydrogen-bond donors (Lipinski definition) is 1. The zero-order chi connectivity index (χ0) is 16.6. The van der Waals surface area contributed by atoms with Crippen LogP contribution in [0.5, 0.6) is 0 Å². The van der Waals surface area contributed by atoms with Gasteiger partial charge in [-0.25, -0.2) is 0 Å².